The first-order chi connectivity index (χ1) is 13.2. The molecule has 0 saturated heterocycles. The Labute approximate surface area is 168 Å². The number of carbonyl (C=O) groups is 1. The smallest absolute Gasteiger partial charge is 0.338 e. The van der Waals surface area contributed by atoms with Crippen LogP contribution in [-0.4, -0.2) is 26.6 Å². The molecule has 5 heteroatoms. The molecular weight excluding hydrogens is 350 g/mol. The summed E-state index contributed by atoms with van der Waals surface area (Å²) in [5, 5.41) is 9.03. The molecule has 152 valence electrons. The molecule has 0 radical (unpaired) electrons. The lowest BCUT2D eigenvalue weighted by atomic mass is 9.86. The molecule has 1 aliphatic rings. The van der Waals surface area contributed by atoms with E-state index in [9.17, 15) is 4.79 Å². The summed E-state index contributed by atoms with van der Waals surface area (Å²) in [4.78, 5) is 12.2. The molecule has 3 rings (SSSR count). The van der Waals surface area contributed by atoms with Gasteiger partial charge >= 0.3 is 5.97 Å². The van der Waals surface area contributed by atoms with Gasteiger partial charge in [0.05, 0.1) is 17.0 Å². The molecule has 0 amide bonds. The molecule has 28 heavy (non-hydrogen) atoms. The molecule has 2 aromatic rings. The highest BCUT2D eigenvalue weighted by atomic mass is 16.6. The number of esters is 1. The minimum Gasteiger partial charge on any atom is -0.456 e. The van der Waals surface area contributed by atoms with Gasteiger partial charge in [-0.15, -0.1) is 5.10 Å². The van der Waals surface area contributed by atoms with Crippen LogP contribution in [0.2, 0.25) is 0 Å². The van der Waals surface area contributed by atoms with Crippen LogP contribution in [0.25, 0.3) is 0 Å². The third kappa shape index (κ3) is 5.00. The summed E-state index contributed by atoms with van der Waals surface area (Å²) in [6.45, 7) is 9.98. The fourth-order valence-corrected chi connectivity index (χ4v) is 3.89. The number of nitrogens with zero attached hydrogens (tertiary/aromatic N) is 3. The fourth-order valence-electron chi connectivity index (χ4n) is 3.89. The number of hydrogen-bond acceptors (Lipinski definition) is 4. The van der Waals surface area contributed by atoms with Crippen LogP contribution in [0.15, 0.2) is 24.3 Å². The third-order valence-electron chi connectivity index (χ3n) is 5.23. The van der Waals surface area contributed by atoms with E-state index in [0.717, 1.165) is 19.3 Å². The standard InChI is InChI=1S/C23H33N3O2/c1-16(2)26-20-10-8-6-7-9-19(21(20)24-25-26)15-17-11-13-18(14-12-17)22(27)28-23(3,4)5/h11-14,16,19H,6-10,15H2,1-5H3. The molecule has 1 aromatic carbocycles. The van der Waals surface area contributed by atoms with E-state index in [1.807, 2.05) is 45.0 Å². The first-order valence-electron chi connectivity index (χ1n) is 10.5. The van der Waals surface area contributed by atoms with Crippen molar-refractivity contribution in [3.05, 3.63) is 46.8 Å². The monoisotopic (exact) mass is 383 g/mol. The summed E-state index contributed by atoms with van der Waals surface area (Å²) in [5.74, 6) is 0.113. The van der Waals surface area contributed by atoms with Crippen molar-refractivity contribution in [1.29, 1.82) is 0 Å². The molecule has 0 N–H and O–H groups in total. The van der Waals surface area contributed by atoms with Crippen molar-refractivity contribution in [2.45, 2.75) is 90.7 Å². The van der Waals surface area contributed by atoms with Crippen LogP contribution in [0.4, 0.5) is 0 Å². The van der Waals surface area contributed by atoms with E-state index in [1.165, 1.54) is 36.2 Å². The van der Waals surface area contributed by atoms with Gasteiger partial charge in [0, 0.05) is 12.0 Å². The van der Waals surface area contributed by atoms with Crippen LogP contribution in [0.1, 0.15) is 99.6 Å². The molecule has 0 saturated carbocycles. The van der Waals surface area contributed by atoms with Crippen LogP contribution in [0, 0.1) is 0 Å². The minimum atomic E-state index is -0.479. The van der Waals surface area contributed by atoms with E-state index in [2.05, 4.69) is 28.8 Å². The van der Waals surface area contributed by atoms with Crippen LogP contribution < -0.4 is 0 Å². The van der Waals surface area contributed by atoms with Gasteiger partial charge in [-0.1, -0.05) is 30.2 Å². The minimum absolute atomic E-state index is 0.271. The zero-order valence-electron chi connectivity index (χ0n) is 17.9. The third-order valence-corrected chi connectivity index (χ3v) is 5.23. The molecule has 0 aliphatic heterocycles. The number of carbonyl (C=O) groups excluding carboxylic acids is 1. The molecule has 1 aromatic heterocycles. The number of benzene rings is 1. The van der Waals surface area contributed by atoms with Gasteiger partial charge in [0.2, 0.25) is 0 Å². The highest BCUT2D eigenvalue weighted by Gasteiger charge is 2.25. The first-order valence-corrected chi connectivity index (χ1v) is 10.5. The van der Waals surface area contributed by atoms with Crippen LogP contribution >= 0.6 is 0 Å². The number of fused-ring (bicyclic) bond motifs is 1. The summed E-state index contributed by atoms with van der Waals surface area (Å²) in [7, 11) is 0. The van der Waals surface area contributed by atoms with E-state index in [-0.39, 0.29) is 5.97 Å². The molecule has 5 nitrogen and oxygen atoms in total. The Kier molecular flexibility index (Phi) is 6.21. The topological polar surface area (TPSA) is 57.0 Å². The molecule has 1 unspecified atom stereocenters. The quantitative estimate of drug-likeness (QED) is 0.676. The first kappa shape index (κ1) is 20.6. The zero-order valence-corrected chi connectivity index (χ0v) is 17.9. The molecule has 1 atom stereocenters. The Morgan fingerprint density at radius 3 is 2.54 bits per heavy atom. The van der Waals surface area contributed by atoms with Crippen molar-refractivity contribution >= 4 is 5.97 Å². The number of ether oxygens (including phenoxy) is 1. The fraction of sp³-hybridized carbons (Fsp3) is 0.609. The van der Waals surface area contributed by atoms with Crippen molar-refractivity contribution in [3.8, 4) is 0 Å². The van der Waals surface area contributed by atoms with Gasteiger partial charge in [-0.05, 0) is 78.0 Å². The van der Waals surface area contributed by atoms with Crippen molar-refractivity contribution < 1.29 is 9.53 Å². The molecule has 0 spiro atoms. The van der Waals surface area contributed by atoms with Crippen LogP contribution in [0.3, 0.4) is 0 Å². The van der Waals surface area contributed by atoms with Gasteiger partial charge in [0.25, 0.3) is 0 Å². The van der Waals surface area contributed by atoms with Crippen LogP contribution in [0.5, 0.6) is 0 Å². The van der Waals surface area contributed by atoms with Crippen LogP contribution in [-0.2, 0) is 17.6 Å². The Hall–Kier alpha value is -2.17. The Bertz CT molecular complexity index is 800. The van der Waals surface area contributed by atoms with E-state index in [0.29, 0.717) is 17.5 Å². The second kappa shape index (κ2) is 8.46. The van der Waals surface area contributed by atoms with Crippen molar-refractivity contribution in [3.63, 3.8) is 0 Å². The molecule has 1 aliphatic carbocycles. The summed E-state index contributed by atoms with van der Waals surface area (Å²) >= 11 is 0. The molecular formula is C23H33N3O2. The maximum Gasteiger partial charge on any atom is 0.338 e. The summed E-state index contributed by atoms with van der Waals surface area (Å²) in [6.07, 6.45) is 6.83. The van der Waals surface area contributed by atoms with Crippen molar-refractivity contribution in [2.75, 3.05) is 0 Å². The average Bonchev–Trinajstić information content (AvgIpc) is 3.00. The van der Waals surface area contributed by atoms with Gasteiger partial charge in [-0.25, -0.2) is 9.48 Å². The van der Waals surface area contributed by atoms with E-state index in [1.54, 1.807) is 0 Å². The second-order valence-electron chi connectivity index (χ2n) is 9.16. The number of hydrogen-bond donors (Lipinski definition) is 0. The lowest BCUT2D eigenvalue weighted by Gasteiger charge is -2.21. The van der Waals surface area contributed by atoms with Crippen molar-refractivity contribution in [2.24, 2.45) is 0 Å². The average molecular weight is 384 g/mol. The lowest BCUT2D eigenvalue weighted by molar-refractivity contribution is 0.00695. The molecule has 0 fully saturated rings. The predicted molar refractivity (Wildman–Crippen MR) is 111 cm³/mol. The highest BCUT2D eigenvalue weighted by molar-refractivity contribution is 5.89. The lowest BCUT2D eigenvalue weighted by Crippen LogP contribution is -2.23. The zero-order chi connectivity index (χ0) is 20.3. The Morgan fingerprint density at radius 1 is 1.18 bits per heavy atom. The van der Waals surface area contributed by atoms with Gasteiger partial charge in [-0.2, -0.15) is 0 Å². The normalized spacial score (nSPS) is 17.7. The number of rotatable bonds is 4. The largest absolute Gasteiger partial charge is 0.456 e. The van der Waals surface area contributed by atoms with Gasteiger partial charge in [0.15, 0.2) is 0 Å². The Balaban J connectivity index is 1.77. The second-order valence-corrected chi connectivity index (χ2v) is 9.16. The summed E-state index contributed by atoms with van der Waals surface area (Å²) < 4.78 is 7.55. The summed E-state index contributed by atoms with van der Waals surface area (Å²) in [6, 6.07) is 8.18. The highest BCUT2D eigenvalue weighted by Crippen LogP contribution is 2.32. The van der Waals surface area contributed by atoms with E-state index < -0.39 is 5.60 Å². The molecule has 1 heterocycles. The predicted octanol–water partition coefficient (Wildman–Crippen LogP) is 5.26. The van der Waals surface area contributed by atoms with E-state index in [4.69, 9.17) is 4.74 Å². The summed E-state index contributed by atoms with van der Waals surface area (Å²) in [5.41, 5.74) is 3.83. The van der Waals surface area contributed by atoms with E-state index >= 15 is 0 Å². The van der Waals surface area contributed by atoms with Gasteiger partial charge in [-0.3, -0.25) is 0 Å². The molecule has 0 bridgehead atoms. The van der Waals surface area contributed by atoms with Gasteiger partial charge in [0.1, 0.15) is 5.60 Å². The SMILES string of the molecule is CC(C)n1nnc2c1CCCCCC2Cc1ccc(C(=O)OC(C)(C)C)cc1. The Morgan fingerprint density at radius 2 is 1.89 bits per heavy atom. The van der Waals surface area contributed by atoms with Gasteiger partial charge < -0.3 is 4.74 Å². The van der Waals surface area contributed by atoms with Crippen molar-refractivity contribution in [1.82, 2.24) is 15.0 Å². The number of aromatic nitrogens is 3. The maximum absolute atomic E-state index is 12.2. The maximum atomic E-state index is 12.2.